The first kappa shape index (κ1) is 13.0. The van der Waals surface area contributed by atoms with Crippen LogP contribution in [0, 0.1) is 11.3 Å². The summed E-state index contributed by atoms with van der Waals surface area (Å²) in [5, 5.41) is 0. The molecule has 0 aromatic carbocycles. The van der Waals surface area contributed by atoms with E-state index in [1.807, 2.05) is 13.8 Å². The number of rotatable bonds is 3. The monoisotopic (exact) mass is 238 g/mol. The van der Waals surface area contributed by atoms with Crippen LogP contribution in [0.25, 0.3) is 0 Å². The smallest absolute Gasteiger partial charge is 0.126 e. The molecule has 2 fully saturated rings. The van der Waals surface area contributed by atoms with E-state index < -0.39 is 0 Å². The first-order chi connectivity index (χ1) is 8.02. The summed E-state index contributed by atoms with van der Waals surface area (Å²) in [5.74, 6) is 0.824. The fourth-order valence-corrected chi connectivity index (χ4v) is 3.48. The van der Waals surface area contributed by atoms with Crippen molar-refractivity contribution in [2.24, 2.45) is 11.3 Å². The summed E-state index contributed by atoms with van der Waals surface area (Å²) >= 11 is 0. The van der Waals surface area contributed by atoms with Gasteiger partial charge in [-0.05, 0) is 45.3 Å². The van der Waals surface area contributed by atoms with Gasteiger partial charge in [-0.1, -0.05) is 13.8 Å². The molecule has 0 aromatic heterocycles. The summed E-state index contributed by atoms with van der Waals surface area (Å²) in [6.45, 7) is 8.61. The Balaban J connectivity index is 1.91. The van der Waals surface area contributed by atoms with Gasteiger partial charge in [0.2, 0.25) is 0 Å². The molecule has 3 nitrogen and oxygen atoms in total. The third-order valence-electron chi connectivity index (χ3n) is 4.38. The normalized spacial score (nSPS) is 32.2. The Morgan fingerprint density at radius 2 is 2.06 bits per heavy atom. The zero-order chi connectivity index (χ0) is 12.5. The molecular weight excluding hydrogens is 212 g/mol. The zero-order valence-corrected chi connectivity index (χ0v) is 11.5. The SMILES string of the molecule is CN1CCCC2CN(CC(C)(C)C=O)CCC21. The molecule has 0 spiro atoms. The topological polar surface area (TPSA) is 23.6 Å². The van der Waals surface area contributed by atoms with Gasteiger partial charge < -0.3 is 14.6 Å². The molecule has 2 unspecified atom stereocenters. The fourth-order valence-electron chi connectivity index (χ4n) is 3.48. The predicted molar refractivity (Wildman–Crippen MR) is 70.0 cm³/mol. The van der Waals surface area contributed by atoms with Crippen LogP contribution in [0.3, 0.4) is 0 Å². The maximum atomic E-state index is 11.0. The van der Waals surface area contributed by atoms with Crippen LogP contribution in [-0.2, 0) is 4.79 Å². The zero-order valence-electron chi connectivity index (χ0n) is 11.5. The van der Waals surface area contributed by atoms with Crippen LogP contribution < -0.4 is 0 Å². The third kappa shape index (κ3) is 3.08. The second-order valence-corrected chi connectivity index (χ2v) is 6.58. The molecule has 0 N–H and O–H groups in total. The van der Waals surface area contributed by atoms with Crippen LogP contribution in [0.5, 0.6) is 0 Å². The van der Waals surface area contributed by atoms with E-state index in [1.54, 1.807) is 0 Å². The number of aldehydes is 1. The van der Waals surface area contributed by atoms with Crippen molar-refractivity contribution in [2.45, 2.75) is 39.2 Å². The van der Waals surface area contributed by atoms with Crippen molar-refractivity contribution in [3.05, 3.63) is 0 Å². The quantitative estimate of drug-likeness (QED) is 0.698. The molecule has 2 rings (SSSR count). The lowest BCUT2D eigenvalue weighted by molar-refractivity contribution is -0.116. The van der Waals surface area contributed by atoms with Gasteiger partial charge in [0.1, 0.15) is 6.29 Å². The van der Waals surface area contributed by atoms with E-state index >= 15 is 0 Å². The summed E-state index contributed by atoms with van der Waals surface area (Å²) in [6.07, 6.45) is 5.08. The predicted octanol–water partition coefficient (Wildman–Crippen LogP) is 1.63. The second-order valence-electron chi connectivity index (χ2n) is 6.58. The van der Waals surface area contributed by atoms with E-state index in [0.29, 0.717) is 0 Å². The molecule has 0 amide bonds. The number of fused-ring (bicyclic) bond motifs is 1. The first-order valence-electron chi connectivity index (χ1n) is 6.91. The first-order valence-corrected chi connectivity index (χ1v) is 6.91. The van der Waals surface area contributed by atoms with Crippen molar-refractivity contribution in [1.29, 1.82) is 0 Å². The largest absolute Gasteiger partial charge is 0.303 e. The lowest BCUT2D eigenvalue weighted by atomic mass is 9.83. The average molecular weight is 238 g/mol. The van der Waals surface area contributed by atoms with Crippen LogP contribution in [-0.4, -0.2) is 55.4 Å². The van der Waals surface area contributed by atoms with Gasteiger partial charge in [-0.3, -0.25) is 0 Å². The molecule has 2 heterocycles. The lowest BCUT2D eigenvalue weighted by Crippen LogP contribution is -2.54. The van der Waals surface area contributed by atoms with E-state index in [0.717, 1.165) is 31.3 Å². The lowest BCUT2D eigenvalue weighted by Gasteiger charge is -2.47. The molecule has 2 aliphatic heterocycles. The Kier molecular flexibility index (Phi) is 3.88. The van der Waals surface area contributed by atoms with E-state index in [9.17, 15) is 4.79 Å². The van der Waals surface area contributed by atoms with Gasteiger partial charge in [0.05, 0.1) is 0 Å². The van der Waals surface area contributed by atoms with Crippen molar-refractivity contribution in [3.8, 4) is 0 Å². The maximum Gasteiger partial charge on any atom is 0.126 e. The highest BCUT2D eigenvalue weighted by atomic mass is 16.1. The number of carbonyl (C=O) groups excluding carboxylic acids is 1. The van der Waals surface area contributed by atoms with Gasteiger partial charge in [-0.15, -0.1) is 0 Å². The number of hydrogen-bond donors (Lipinski definition) is 0. The Labute approximate surface area is 105 Å². The van der Waals surface area contributed by atoms with Gasteiger partial charge in [0.25, 0.3) is 0 Å². The number of hydrogen-bond acceptors (Lipinski definition) is 3. The van der Waals surface area contributed by atoms with Crippen LogP contribution in [0.2, 0.25) is 0 Å². The number of carbonyl (C=O) groups is 1. The standard InChI is InChI=1S/C14H26N2O/c1-14(2,11-17)10-16-8-6-13-12(9-16)5-4-7-15(13)3/h11-13H,4-10H2,1-3H3. The number of piperidine rings is 2. The maximum absolute atomic E-state index is 11.0. The van der Waals surface area contributed by atoms with E-state index in [-0.39, 0.29) is 5.41 Å². The summed E-state index contributed by atoms with van der Waals surface area (Å²) in [4.78, 5) is 16.0. The minimum atomic E-state index is -0.187. The Morgan fingerprint density at radius 3 is 2.76 bits per heavy atom. The molecule has 0 saturated carbocycles. The summed E-state index contributed by atoms with van der Waals surface area (Å²) in [6, 6.07) is 0.791. The molecule has 2 aliphatic rings. The number of nitrogens with zero attached hydrogens (tertiary/aromatic N) is 2. The van der Waals surface area contributed by atoms with Crippen molar-refractivity contribution >= 4 is 6.29 Å². The highest BCUT2D eigenvalue weighted by Crippen LogP contribution is 2.30. The molecular formula is C14H26N2O. The minimum absolute atomic E-state index is 0.187. The summed E-state index contributed by atoms with van der Waals surface area (Å²) < 4.78 is 0. The van der Waals surface area contributed by atoms with Gasteiger partial charge in [-0.2, -0.15) is 0 Å². The van der Waals surface area contributed by atoms with Gasteiger partial charge in [0.15, 0.2) is 0 Å². The Hall–Kier alpha value is -0.410. The Morgan fingerprint density at radius 1 is 1.29 bits per heavy atom. The molecule has 98 valence electrons. The van der Waals surface area contributed by atoms with Crippen molar-refractivity contribution in [1.82, 2.24) is 9.80 Å². The van der Waals surface area contributed by atoms with Crippen molar-refractivity contribution < 1.29 is 4.79 Å². The summed E-state index contributed by atoms with van der Waals surface area (Å²) in [7, 11) is 2.27. The summed E-state index contributed by atoms with van der Waals surface area (Å²) in [5.41, 5.74) is -0.187. The van der Waals surface area contributed by atoms with Crippen LogP contribution >= 0.6 is 0 Å². The van der Waals surface area contributed by atoms with E-state index in [1.165, 1.54) is 32.4 Å². The van der Waals surface area contributed by atoms with Gasteiger partial charge in [-0.25, -0.2) is 0 Å². The van der Waals surface area contributed by atoms with Crippen molar-refractivity contribution in [2.75, 3.05) is 33.2 Å². The molecule has 17 heavy (non-hydrogen) atoms. The molecule has 3 heteroatoms. The second kappa shape index (κ2) is 5.07. The van der Waals surface area contributed by atoms with Crippen LogP contribution in [0.15, 0.2) is 0 Å². The van der Waals surface area contributed by atoms with Crippen LogP contribution in [0.4, 0.5) is 0 Å². The van der Waals surface area contributed by atoms with Gasteiger partial charge >= 0.3 is 0 Å². The molecule has 2 saturated heterocycles. The molecule has 0 bridgehead atoms. The van der Waals surface area contributed by atoms with E-state index in [4.69, 9.17) is 0 Å². The van der Waals surface area contributed by atoms with Crippen LogP contribution in [0.1, 0.15) is 33.1 Å². The molecule has 0 radical (unpaired) electrons. The molecule has 2 atom stereocenters. The van der Waals surface area contributed by atoms with Gasteiger partial charge in [0, 0.05) is 24.5 Å². The Bertz CT molecular complexity index is 277. The fraction of sp³-hybridized carbons (Fsp3) is 0.929. The average Bonchev–Trinajstić information content (AvgIpc) is 2.29. The minimum Gasteiger partial charge on any atom is -0.303 e. The van der Waals surface area contributed by atoms with E-state index in [2.05, 4.69) is 16.8 Å². The highest BCUT2D eigenvalue weighted by Gasteiger charge is 2.35. The third-order valence-corrected chi connectivity index (χ3v) is 4.38. The highest BCUT2D eigenvalue weighted by molar-refractivity contribution is 5.58. The molecule has 0 aromatic rings. The molecule has 0 aliphatic carbocycles. The van der Waals surface area contributed by atoms with Crippen molar-refractivity contribution in [3.63, 3.8) is 0 Å². The number of likely N-dealkylation sites (tertiary alicyclic amines) is 2.